The Labute approximate surface area is 125 Å². The third-order valence-electron chi connectivity index (χ3n) is 4.46. The lowest BCUT2D eigenvalue weighted by atomic mass is 10.0. The lowest BCUT2D eigenvalue weighted by Crippen LogP contribution is -2.36. The molecule has 0 spiro atoms. The number of fused-ring (bicyclic) bond motifs is 1. The Morgan fingerprint density at radius 2 is 1.86 bits per heavy atom. The molecule has 5 nitrogen and oxygen atoms in total. The molecule has 2 atom stereocenters. The summed E-state index contributed by atoms with van der Waals surface area (Å²) in [6.45, 7) is 4.18. The second kappa shape index (κ2) is 5.42. The molecule has 2 saturated heterocycles. The average Bonchev–Trinajstić information content (AvgIpc) is 3.00. The number of hydrogen-bond acceptors (Lipinski definition) is 3. The van der Waals surface area contributed by atoms with Crippen LogP contribution < -0.4 is 0 Å². The summed E-state index contributed by atoms with van der Waals surface area (Å²) in [7, 11) is -3.34. The van der Waals surface area contributed by atoms with Gasteiger partial charge in [0.05, 0.1) is 11.7 Å². The largest absolute Gasteiger partial charge is 0.342 e. The number of rotatable bonds is 4. The fraction of sp³-hybridized carbons (Fsp3) is 0.533. The summed E-state index contributed by atoms with van der Waals surface area (Å²) in [5.74, 6) is 0.136. The SMILES string of the molecule is CCN1C[C@@H]2CN(S(=O)(=O)Cc3ccccc3)C[C@@H]2C1=O. The van der Waals surface area contributed by atoms with E-state index in [-0.39, 0.29) is 23.5 Å². The predicted molar refractivity (Wildman–Crippen MR) is 79.9 cm³/mol. The van der Waals surface area contributed by atoms with Crippen molar-refractivity contribution in [2.24, 2.45) is 11.8 Å². The van der Waals surface area contributed by atoms with Gasteiger partial charge in [-0.2, -0.15) is 0 Å². The van der Waals surface area contributed by atoms with Crippen molar-refractivity contribution >= 4 is 15.9 Å². The third kappa shape index (κ3) is 2.70. The van der Waals surface area contributed by atoms with E-state index in [4.69, 9.17) is 0 Å². The molecule has 6 heteroatoms. The summed E-state index contributed by atoms with van der Waals surface area (Å²) in [5, 5.41) is 0. The van der Waals surface area contributed by atoms with Gasteiger partial charge in [-0.15, -0.1) is 0 Å². The first kappa shape index (κ1) is 14.5. The van der Waals surface area contributed by atoms with Crippen LogP contribution in [0.5, 0.6) is 0 Å². The molecule has 2 aliphatic rings. The van der Waals surface area contributed by atoms with E-state index in [0.717, 1.165) is 5.56 Å². The average molecular weight is 308 g/mol. The summed E-state index contributed by atoms with van der Waals surface area (Å²) >= 11 is 0. The summed E-state index contributed by atoms with van der Waals surface area (Å²) in [5.41, 5.74) is 0.788. The molecule has 0 radical (unpaired) electrons. The van der Waals surface area contributed by atoms with Crippen molar-refractivity contribution in [2.45, 2.75) is 12.7 Å². The first-order chi connectivity index (χ1) is 10.0. The van der Waals surface area contributed by atoms with Gasteiger partial charge in [-0.3, -0.25) is 4.79 Å². The minimum absolute atomic E-state index is 0.0129. The van der Waals surface area contributed by atoms with E-state index in [9.17, 15) is 13.2 Å². The lowest BCUT2D eigenvalue weighted by molar-refractivity contribution is -0.130. The van der Waals surface area contributed by atoms with Crippen molar-refractivity contribution in [1.29, 1.82) is 0 Å². The van der Waals surface area contributed by atoms with Crippen molar-refractivity contribution in [1.82, 2.24) is 9.21 Å². The Bertz CT molecular complexity index is 630. The number of carbonyl (C=O) groups excluding carboxylic acids is 1. The Balaban J connectivity index is 1.71. The number of likely N-dealkylation sites (tertiary alicyclic amines) is 1. The lowest BCUT2D eigenvalue weighted by Gasteiger charge is -2.20. The highest BCUT2D eigenvalue weighted by Crippen LogP contribution is 2.34. The first-order valence-corrected chi connectivity index (χ1v) is 8.92. The number of benzene rings is 1. The van der Waals surface area contributed by atoms with Gasteiger partial charge in [0.2, 0.25) is 15.9 Å². The van der Waals surface area contributed by atoms with Crippen LogP contribution in [-0.2, 0) is 20.6 Å². The van der Waals surface area contributed by atoms with Crippen LogP contribution >= 0.6 is 0 Å². The molecule has 0 saturated carbocycles. The van der Waals surface area contributed by atoms with Crippen LogP contribution in [0, 0.1) is 11.8 Å². The van der Waals surface area contributed by atoms with E-state index in [1.165, 1.54) is 4.31 Å². The van der Waals surface area contributed by atoms with Crippen LogP contribution in [-0.4, -0.2) is 49.7 Å². The Hall–Kier alpha value is -1.40. The number of hydrogen-bond donors (Lipinski definition) is 0. The van der Waals surface area contributed by atoms with Gasteiger partial charge in [0.15, 0.2) is 0 Å². The molecular formula is C15H20N2O3S. The highest BCUT2D eigenvalue weighted by atomic mass is 32.2. The molecule has 0 unspecified atom stereocenters. The molecule has 2 fully saturated rings. The molecule has 0 aromatic heterocycles. The molecule has 114 valence electrons. The highest BCUT2D eigenvalue weighted by molar-refractivity contribution is 7.88. The van der Waals surface area contributed by atoms with Crippen molar-refractivity contribution in [3.8, 4) is 0 Å². The maximum atomic E-state index is 12.5. The van der Waals surface area contributed by atoms with Crippen LogP contribution in [0.15, 0.2) is 30.3 Å². The quantitative estimate of drug-likeness (QED) is 0.831. The van der Waals surface area contributed by atoms with Gasteiger partial charge in [0.25, 0.3) is 0 Å². The van der Waals surface area contributed by atoms with Gasteiger partial charge in [0.1, 0.15) is 0 Å². The number of carbonyl (C=O) groups is 1. The number of nitrogens with zero attached hydrogens (tertiary/aromatic N) is 2. The Kier molecular flexibility index (Phi) is 3.75. The minimum atomic E-state index is -3.34. The van der Waals surface area contributed by atoms with Gasteiger partial charge in [-0.1, -0.05) is 30.3 Å². The number of amides is 1. The maximum Gasteiger partial charge on any atom is 0.227 e. The molecular weight excluding hydrogens is 288 g/mol. The maximum absolute atomic E-state index is 12.5. The van der Waals surface area contributed by atoms with Crippen LogP contribution in [0.4, 0.5) is 0 Å². The van der Waals surface area contributed by atoms with E-state index < -0.39 is 10.0 Å². The normalized spacial score (nSPS) is 26.3. The zero-order valence-electron chi connectivity index (χ0n) is 12.1. The van der Waals surface area contributed by atoms with E-state index in [2.05, 4.69) is 0 Å². The third-order valence-corrected chi connectivity index (χ3v) is 6.24. The van der Waals surface area contributed by atoms with E-state index >= 15 is 0 Å². The van der Waals surface area contributed by atoms with Gasteiger partial charge in [-0.25, -0.2) is 12.7 Å². The Morgan fingerprint density at radius 3 is 2.48 bits per heavy atom. The number of sulfonamides is 1. The molecule has 0 N–H and O–H groups in total. The monoisotopic (exact) mass is 308 g/mol. The highest BCUT2D eigenvalue weighted by Gasteiger charge is 2.48. The minimum Gasteiger partial charge on any atom is -0.342 e. The van der Waals surface area contributed by atoms with Gasteiger partial charge in [0, 0.05) is 32.1 Å². The predicted octanol–water partition coefficient (Wildman–Crippen LogP) is 0.926. The standard InChI is InChI=1S/C15H20N2O3S/c1-2-16-8-13-9-17(10-14(13)15(16)18)21(19,20)11-12-6-4-3-5-7-12/h3-7,13-14H,2,8-11H2,1H3/t13-,14+/m1/s1. The molecule has 1 aromatic carbocycles. The Morgan fingerprint density at radius 1 is 1.14 bits per heavy atom. The molecule has 3 rings (SSSR count). The van der Waals surface area contributed by atoms with Crippen molar-refractivity contribution in [3.05, 3.63) is 35.9 Å². The summed E-state index contributed by atoms with van der Waals surface area (Å²) < 4.78 is 26.5. The molecule has 0 bridgehead atoms. The second-order valence-electron chi connectivity index (χ2n) is 5.80. The molecule has 0 aliphatic carbocycles. The molecule has 21 heavy (non-hydrogen) atoms. The van der Waals surface area contributed by atoms with Crippen molar-refractivity contribution in [3.63, 3.8) is 0 Å². The van der Waals surface area contributed by atoms with Crippen LogP contribution in [0.1, 0.15) is 12.5 Å². The van der Waals surface area contributed by atoms with Crippen LogP contribution in [0.2, 0.25) is 0 Å². The van der Waals surface area contributed by atoms with Crippen molar-refractivity contribution < 1.29 is 13.2 Å². The van der Waals surface area contributed by atoms with E-state index in [0.29, 0.717) is 26.2 Å². The van der Waals surface area contributed by atoms with Gasteiger partial charge < -0.3 is 4.90 Å². The molecule has 1 aromatic rings. The van der Waals surface area contributed by atoms with Crippen LogP contribution in [0.3, 0.4) is 0 Å². The second-order valence-corrected chi connectivity index (χ2v) is 7.77. The molecule has 2 aliphatic heterocycles. The first-order valence-electron chi connectivity index (χ1n) is 7.32. The summed E-state index contributed by atoms with van der Waals surface area (Å²) in [6.07, 6.45) is 0. The van der Waals surface area contributed by atoms with E-state index in [1.807, 2.05) is 42.2 Å². The van der Waals surface area contributed by atoms with Crippen molar-refractivity contribution in [2.75, 3.05) is 26.2 Å². The topological polar surface area (TPSA) is 57.7 Å². The van der Waals surface area contributed by atoms with Crippen LogP contribution in [0.25, 0.3) is 0 Å². The smallest absolute Gasteiger partial charge is 0.227 e. The summed E-state index contributed by atoms with van der Waals surface area (Å²) in [4.78, 5) is 14.0. The zero-order valence-corrected chi connectivity index (χ0v) is 12.9. The van der Waals surface area contributed by atoms with Gasteiger partial charge in [-0.05, 0) is 12.5 Å². The molecule has 2 heterocycles. The summed E-state index contributed by atoms with van der Waals surface area (Å²) in [6, 6.07) is 9.18. The van der Waals surface area contributed by atoms with Gasteiger partial charge >= 0.3 is 0 Å². The zero-order chi connectivity index (χ0) is 15.0. The fourth-order valence-electron chi connectivity index (χ4n) is 3.29. The molecule has 1 amide bonds. The fourth-order valence-corrected chi connectivity index (χ4v) is 4.89. The van der Waals surface area contributed by atoms with E-state index in [1.54, 1.807) is 0 Å².